The van der Waals surface area contributed by atoms with Crippen molar-refractivity contribution in [3.05, 3.63) is 29.8 Å². The molecule has 0 unspecified atom stereocenters. The van der Waals surface area contributed by atoms with Crippen molar-refractivity contribution in [1.29, 1.82) is 0 Å². The van der Waals surface area contributed by atoms with Gasteiger partial charge in [0.05, 0.1) is 6.61 Å². The molecule has 2 amide bonds. The maximum atomic E-state index is 12.0. The zero-order chi connectivity index (χ0) is 15.8. The average molecular weight is 292 g/mol. The number of hydrogen-bond acceptors (Lipinski definition) is 4. The van der Waals surface area contributed by atoms with Gasteiger partial charge in [-0.05, 0) is 32.0 Å². The minimum absolute atomic E-state index is 0.132. The number of nitrogens with one attached hydrogen (secondary N) is 2. The van der Waals surface area contributed by atoms with Gasteiger partial charge in [0.1, 0.15) is 6.04 Å². The van der Waals surface area contributed by atoms with E-state index < -0.39 is 17.9 Å². The molecule has 0 aliphatic heterocycles. The molecular formula is C15H20N2O4. The number of anilines is 1. The summed E-state index contributed by atoms with van der Waals surface area (Å²) in [6.45, 7) is 5.26. The summed E-state index contributed by atoms with van der Waals surface area (Å²) in [6.07, 6.45) is 0.357. The van der Waals surface area contributed by atoms with Crippen molar-refractivity contribution in [2.24, 2.45) is 0 Å². The van der Waals surface area contributed by atoms with Crippen LogP contribution in [-0.2, 0) is 14.3 Å². The van der Waals surface area contributed by atoms with Crippen molar-refractivity contribution >= 4 is 23.5 Å². The third-order valence-corrected chi connectivity index (χ3v) is 2.72. The van der Waals surface area contributed by atoms with Gasteiger partial charge in [0.2, 0.25) is 5.91 Å². The van der Waals surface area contributed by atoms with Crippen LogP contribution in [0, 0.1) is 0 Å². The van der Waals surface area contributed by atoms with Crippen molar-refractivity contribution < 1.29 is 19.1 Å². The summed E-state index contributed by atoms with van der Waals surface area (Å²) in [7, 11) is 0. The van der Waals surface area contributed by atoms with E-state index in [2.05, 4.69) is 10.6 Å². The molecule has 1 rings (SSSR count). The van der Waals surface area contributed by atoms with Crippen LogP contribution >= 0.6 is 0 Å². The fraction of sp³-hybridized carbons (Fsp3) is 0.400. The summed E-state index contributed by atoms with van der Waals surface area (Å²) in [5.74, 6) is -1.02. The van der Waals surface area contributed by atoms with Gasteiger partial charge >= 0.3 is 5.97 Å². The first-order valence-electron chi connectivity index (χ1n) is 6.85. The summed E-state index contributed by atoms with van der Waals surface area (Å²) < 4.78 is 4.82. The normalized spacial score (nSPS) is 11.4. The monoisotopic (exact) mass is 292 g/mol. The topological polar surface area (TPSA) is 84.5 Å². The number of carbonyl (C=O) groups excluding carboxylic acids is 3. The lowest BCUT2D eigenvalue weighted by Crippen LogP contribution is -2.39. The number of carbonyl (C=O) groups is 3. The van der Waals surface area contributed by atoms with Crippen molar-refractivity contribution in [2.75, 3.05) is 11.9 Å². The van der Waals surface area contributed by atoms with E-state index in [1.54, 1.807) is 45.0 Å². The minimum Gasteiger partial charge on any atom is -0.464 e. The molecule has 6 nitrogen and oxygen atoms in total. The second-order valence-electron chi connectivity index (χ2n) is 4.43. The fourth-order valence-electron chi connectivity index (χ4n) is 1.59. The summed E-state index contributed by atoms with van der Waals surface area (Å²) in [5, 5.41) is 5.22. The van der Waals surface area contributed by atoms with Crippen molar-refractivity contribution in [3.63, 3.8) is 0 Å². The van der Waals surface area contributed by atoms with Gasteiger partial charge in [0.15, 0.2) is 0 Å². The van der Waals surface area contributed by atoms with Crippen LogP contribution in [0.5, 0.6) is 0 Å². The van der Waals surface area contributed by atoms with Gasteiger partial charge in [0.25, 0.3) is 5.91 Å². The summed E-state index contributed by atoms with van der Waals surface area (Å²) in [6, 6.07) is 5.79. The molecule has 0 aromatic heterocycles. The van der Waals surface area contributed by atoms with Crippen molar-refractivity contribution in [1.82, 2.24) is 5.32 Å². The summed E-state index contributed by atoms with van der Waals surface area (Å²) in [5.41, 5.74) is 0.901. The van der Waals surface area contributed by atoms with Crippen LogP contribution in [0.4, 0.5) is 5.69 Å². The Kier molecular flexibility index (Phi) is 6.39. The predicted molar refractivity (Wildman–Crippen MR) is 78.9 cm³/mol. The molecule has 114 valence electrons. The lowest BCUT2D eigenvalue weighted by atomic mass is 10.1. The van der Waals surface area contributed by atoms with E-state index >= 15 is 0 Å². The lowest BCUT2D eigenvalue weighted by molar-refractivity contribution is -0.144. The molecule has 1 aromatic carbocycles. The summed E-state index contributed by atoms with van der Waals surface area (Å²) in [4.78, 5) is 34.8. The smallest absolute Gasteiger partial charge is 0.328 e. The first-order valence-corrected chi connectivity index (χ1v) is 6.85. The number of esters is 1. The molecule has 0 saturated carbocycles. The first-order chi connectivity index (χ1) is 9.97. The predicted octanol–water partition coefficient (Wildman–Crippen LogP) is 1.72. The van der Waals surface area contributed by atoms with Gasteiger partial charge in [0, 0.05) is 17.7 Å². The highest BCUT2D eigenvalue weighted by molar-refractivity contribution is 5.98. The van der Waals surface area contributed by atoms with Crippen LogP contribution in [0.15, 0.2) is 24.3 Å². The molecule has 0 saturated heterocycles. The molecule has 0 aliphatic rings. The number of ether oxygens (including phenoxy) is 1. The van der Waals surface area contributed by atoms with Crippen LogP contribution in [0.2, 0.25) is 0 Å². The quantitative estimate of drug-likeness (QED) is 0.782. The van der Waals surface area contributed by atoms with E-state index in [-0.39, 0.29) is 12.5 Å². The van der Waals surface area contributed by atoms with Gasteiger partial charge in [-0.3, -0.25) is 9.59 Å². The Labute approximate surface area is 123 Å². The zero-order valence-electron chi connectivity index (χ0n) is 12.4. The Bertz CT molecular complexity index is 528. The van der Waals surface area contributed by atoms with E-state index in [4.69, 9.17) is 4.74 Å². The maximum absolute atomic E-state index is 12.0. The van der Waals surface area contributed by atoms with Crippen LogP contribution in [0.1, 0.15) is 37.6 Å². The highest BCUT2D eigenvalue weighted by atomic mass is 16.5. The van der Waals surface area contributed by atoms with Crippen molar-refractivity contribution in [3.8, 4) is 0 Å². The molecular weight excluding hydrogens is 272 g/mol. The van der Waals surface area contributed by atoms with E-state index in [9.17, 15) is 14.4 Å². The Morgan fingerprint density at radius 2 is 1.95 bits per heavy atom. The molecule has 2 N–H and O–H groups in total. The number of benzene rings is 1. The van der Waals surface area contributed by atoms with Gasteiger partial charge in [-0.15, -0.1) is 0 Å². The standard InChI is InChI=1S/C15H20N2O4/c1-4-13(18)17-12-8-6-7-11(9-12)14(19)16-10(3)15(20)21-5-2/h6-10H,4-5H2,1-3H3,(H,16,19)(H,17,18)/t10-/m0/s1. The molecule has 0 spiro atoms. The largest absolute Gasteiger partial charge is 0.464 e. The number of rotatable bonds is 6. The van der Waals surface area contributed by atoms with Crippen LogP contribution in [-0.4, -0.2) is 30.4 Å². The molecule has 0 fully saturated rings. The van der Waals surface area contributed by atoms with E-state index in [0.717, 1.165) is 0 Å². The van der Waals surface area contributed by atoms with Gasteiger partial charge in [-0.1, -0.05) is 13.0 Å². The highest BCUT2D eigenvalue weighted by Gasteiger charge is 2.17. The fourth-order valence-corrected chi connectivity index (χ4v) is 1.59. The Balaban J connectivity index is 2.72. The van der Waals surface area contributed by atoms with E-state index in [1.165, 1.54) is 0 Å². The Hall–Kier alpha value is -2.37. The van der Waals surface area contributed by atoms with E-state index in [1.807, 2.05) is 0 Å². The minimum atomic E-state index is -0.730. The number of hydrogen-bond donors (Lipinski definition) is 2. The molecule has 21 heavy (non-hydrogen) atoms. The lowest BCUT2D eigenvalue weighted by Gasteiger charge is -2.13. The van der Waals surface area contributed by atoms with Crippen LogP contribution < -0.4 is 10.6 Å². The maximum Gasteiger partial charge on any atom is 0.328 e. The third kappa shape index (κ3) is 5.25. The Morgan fingerprint density at radius 1 is 1.24 bits per heavy atom. The van der Waals surface area contributed by atoms with Gasteiger partial charge in [-0.25, -0.2) is 4.79 Å². The molecule has 0 bridgehead atoms. The molecule has 6 heteroatoms. The SMILES string of the molecule is CCOC(=O)[C@H](C)NC(=O)c1cccc(NC(=O)CC)c1. The van der Waals surface area contributed by atoms with Gasteiger partial charge in [-0.2, -0.15) is 0 Å². The molecule has 1 atom stereocenters. The first kappa shape index (κ1) is 16.7. The molecule has 0 aliphatic carbocycles. The molecule has 0 radical (unpaired) electrons. The zero-order valence-corrected chi connectivity index (χ0v) is 12.4. The van der Waals surface area contributed by atoms with Gasteiger partial charge < -0.3 is 15.4 Å². The number of amides is 2. The van der Waals surface area contributed by atoms with E-state index in [0.29, 0.717) is 17.7 Å². The third-order valence-electron chi connectivity index (χ3n) is 2.72. The second kappa shape index (κ2) is 8.04. The van der Waals surface area contributed by atoms with Crippen LogP contribution in [0.25, 0.3) is 0 Å². The van der Waals surface area contributed by atoms with Crippen molar-refractivity contribution in [2.45, 2.75) is 33.2 Å². The molecule has 1 aromatic rings. The van der Waals surface area contributed by atoms with Crippen LogP contribution in [0.3, 0.4) is 0 Å². The second-order valence-corrected chi connectivity index (χ2v) is 4.43. The highest BCUT2D eigenvalue weighted by Crippen LogP contribution is 2.11. The molecule has 0 heterocycles. The summed E-state index contributed by atoms with van der Waals surface area (Å²) >= 11 is 0. The Morgan fingerprint density at radius 3 is 2.57 bits per heavy atom. The average Bonchev–Trinajstić information content (AvgIpc) is 2.47.